The summed E-state index contributed by atoms with van der Waals surface area (Å²) in [5.41, 5.74) is 1.27. The van der Waals surface area contributed by atoms with Crippen molar-refractivity contribution >= 4 is 5.97 Å². The molecule has 2 heteroatoms. The second-order valence-corrected chi connectivity index (χ2v) is 3.32. The minimum atomic E-state index is -0.333. The van der Waals surface area contributed by atoms with E-state index in [9.17, 15) is 4.79 Å². The van der Waals surface area contributed by atoms with Gasteiger partial charge in [0.25, 0.3) is 0 Å². The molecule has 0 heterocycles. The molecule has 15 heavy (non-hydrogen) atoms. The molecule has 0 aromatic heterocycles. The average Bonchev–Trinajstić information content (AvgIpc) is 2.22. The molecule has 0 fully saturated rings. The number of benzene rings is 1. The predicted octanol–water partition coefficient (Wildman–Crippen LogP) is 3.12. The number of carbonyl (C=O) groups is 1. The van der Waals surface area contributed by atoms with Gasteiger partial charge in [-0.2, -0.15) is 0 Å². The Morgan fingerprint density at radius 1 is 1.33 bits per heavy atom. The van der Waals surface area contributed by atoms with Crippen molar-refractivity contribution in [3.63, 3.8) is 0 Å². The van der Waals surface area contributed by atoms with Gasteiger partial charge in [0.15, 0.2) is 0 Å². The molecule has 0 aliphatic rings. The molecule has 0 saturated heterocycles. The molecule has 0 aliphatic carbocycles. The van der Waals surface area contributed by atoms with Crippen molar-refractivity contribution in [2.24, 2.45) is 0 Å². The van der Waals surface area contributed by atoms with E-state index in [4.69, 9.17) is 4.74 Å². The van der Waals surface area contributed by atoms with Crippen molar-refractivity contribution in [1.29, 1.82) is 0 Å². The fraction of sp³-hybridized carbons (Fsp3) is 0.308. The first-order valence-corrected chi connectivity index (χ1v) is 5.19. The van der Waals surface area contributed by atoms with Gasteiger partial charge >= 0.3 is 5.97 Å². The number of aryl methyl sites for hydroxylation is 1. The highest BCUT2D eigenvalue weighted by Gasteiger charge is 1.99. The highest BCUT2D eigenvalue weighted by molar-refractivity contribution is 5.83. The topological polar surface area (TPSA) is 26.3 Å². The van der Waals surface area contributed by atoms with E-state index in [0.717, 1.165) is 12.8 Å². The summed E-state index contributed by atoms with van der Waals surface area (Å²) in [6, 6.07) is 7.63. The molecule has 1 aromatic rings. The van der Waals surface area contributed by atoms with E-state index in [1.54, 1.807) is 13.0 Å². The Kier molecular flexibility index (Phi) is 4.61. The number of allylic oxidation sites excluding steroid dienone is 1. The van der Waals surface area contributed by atoms with E-state index in [1.165, 1.54) is 11.6 Å². The smallest absolute Gasteiger partial charge is 0.335 e. The van der Waals surface area contributed by atoms with Gasteiger partial charge in [-0.15, -0.1) is 0 Å². The zero-order chi connectivity index (χ0) is 11.1. The van der Waals surface area contributed by atoms with Crippen LogP contribution in [0.1, 0.15) is 25.8 Å². The predicted molar refractivity (Wildman–Crippen MR) is 60.9 cm³/mol. The van der Waals surface area contributed by atoms with Gasteiger partial charge in [-0.1, -0.05) is 31.6 Å². The van der Waals surface area contributed by atoms with Gasteiger partial charge in [-0.25, -0.2) is 4.79 Å². The minimum Gasteiger partial charge on any atom is -0.423 e. The van der Waals surface area contributed by atoms with Gasteiger partial charge in [0.05, 0.1) is 0 Å². The third kappa shape index (κ3) is 3.98. The van der Waals surface area contributed by atoms with Gasteiger partial charge in [0, 0.05) is 6.08 Å². The summed E-state index contributed by atoms with van der Waals surface area (Å²) in [6.07, 6.45) is 5.24. The van der Waals surface area contributed by atoms with Crippen LogP contribution in [0, 0.1) is 0 Å². The molecule has 0 atom stereocenters. The van der Waals surface area contributed by atoms with Crippen LogP contribution in [-0.2, 0) is 11.2 Å². The maximum atomic E-state index is 11.1. The van der Waals surface area contributed by atoms with E-state index in [-0.39, 0.29) is 5.97 Å². The van der Waals surface area contributed by atoms with Gasteiger partial charge in [0.1, 0.15) is 5.75 Å². The first-order chi connectivity index (χ1) is 7.26. The Morgan fingerprint density at radius 2 is 2.00 bits per heavy atom. The molecule has 1 rings (SSSR count). The first kappa shape index (κ1) is 11.5. The standard InChI is InChI=1S/C13H16O2/c1-3-5-11-7-9-12(10-8-11)15-13(14)6-4-2/h4,6-10H,3,5H2,1-2H3. The lowest BCUT2D eigenvalue weighted by atomic mass is 10.1. The van der Waals surface area contributed by atoms with E-state index >= 15 is 0 Å². The third-order valence-corrected chi connectivity index (χ3v) is 1.98. The van der Waals surface area contributed by atoms with Gasteiger partial charge < -0.3 is 4.74 Å². The van der Waals surface area contributed by atoms with Crippen LogP contribution >= 0.6 is 0 Å². The number of hydrogen-bond acceptors (Lipinski definition) is 2. The summed E-state index contributed by atoms with van der Waals surface area (Å²) in [5.74, 6) is 0.263. The van der Waals surface area contributed by atoms with E-state index < -0.39 is 0 Å². The minimum absolute atomic E-state index is 0.333. The van der Waals surface area contributed by atoms with Crippen LogP contribution in [0.25, 0.3) is 0 Å². The van der Waals surface area contributed by atoms with Crippen LogP contribution in [-0.4, -0.2) is 5.97 Å². The Hall–Kier alpha value is -1.57. The summed E-state index contributed by atoms with van der Waals surface area (Å²) in [7, 11) is 0. The number of esters is 1. The van der Waals surface area contributed by atoms with Gasteiger partial charge in [0.2, 0.25) is 0 Å². The van der Waals surface area contributed by atoms with Crippen LogP contribution in [0.5, 0.6) is 5.75 Å². The molecular weight excluding hydrogens is 188 g/mol. The molecule has 0 amide bonds. The molecule has 0 unspecified atom stereocenters. The van der Waals surface area contributed by atoms with E-state index in [0.29, 0.717) is 5.75 Å². The fourth-order valence-corrected chi connectivity index (χ4v) is 1.30. The highest BCUT2D eigenvalue weighted by atomic mass is 16.5. The number of rotatable bonds is 4. The van der Waals surface area contributed by atoms with Crippen molar-refractivity contribution in [2.75, 3.05) is 0 Å². The van der Waals surface area contributed by atoms with Crippen molar-refractivity contribution in [2.45, 2.75) is 26.7 Å². The van der Waals surface area contributed by atoms with Gasteiger partial charge in [-0.3, -0.25) is 0 Å². The molecule has 0 saturated carbocycles. The number of ether oxygens (including phenoxy) is 1. The lowest BCUT2D eigenvalue weighted by molar-refractivity contribution is -0.129. The Morgan fingerprint density at radius 3 is 2.53 bits per heavy atom. The quantitative estimate of drug-likeness (QED) is 0.428. The number of carbonyl (C=O) groups excluding carboxylic acids is 1. The van der Waals surface area contributed by atoms with Crippen molar-refractivity contribution < 1.29 is 9.53 Å². The van der Waals surface area contributed by atoms with Crippen LogP contribution < -0.4 is 4.74 Å². The fourth-order valence-electron chi connectivity index (χ4n) is 1.30. The lowest BCUT2D eigenvalue weighted by Crippen LogP contribution is -2.03. The van der Waals surface area contributed by atoms with Gasteiger partial charge in [-0.05, 0) is 31.0 Å². The molecule has 0 aliphatic heterocycles. The van der Waals surface area contributed by atoms with Crippen molar-refractivity contribution in [1.82, 2.24) is 0 Å². The molecule has 80 valence electrons. The normalized spacial score (nSPS) is 10.5. The zero-order valence-corrected chi connectivity index (χ0v) is 9.19. The van der Waals surface area contributed by atoms with E-state index in [1.807, 2.05) is 24.3 Å². The molecule has 1 aromatic carbocycles. The molecule has 0 N–H and O–H groups in total. The monoisotopic (exact) mass is 204 g/mol. The second kappa shape index (κ2) is 6.02. The third-order valence-electron chi connectivity index (χ3n) is 1.98. The summed E-state index contributed by atoms with van der Waals surface area (Å²) in [4.78, 5) is 11.1. The van der Waals surface area contributed by atoms with Crippen molar-refractivity contribution in [3.05, 3.63) is 42.0 Å². The Bertz CT molecular complexity index is 336. The molecular formula is C13H16O2. The summed E-state index contributed by atoms with van der Waals surface area (Å²) in [5, 5.41) is 0. The Balaban J connectivity index is 2.60. The molecule has 0 spiro atoms. The largest absolute Gasteiger partial charge is 0.423 e. The maximum Gasteiger partial charge on any atom is 0.335 e. The summed E-state index contributed by atoms with van der Waals surface area (Å²) in [6.45, 7) is 3.92. The van der Waals surface area contributed by atoms with Crippen LogP contribution in [0.3, 0.4) is 0 Å². The number of hydrogen-bond donors (Lipinski definition) is 0. The van der Waals surface area contributed by atoms with Crippen LogP contribution in [0.15, 0.2) is 36.4 Å². The first-order valence-electron chi connectivity index (χ1n) is 5.19. The van der Waals surface area contributed by atoms with Crippen LogP contribution in [0.2, 0.25) is 0 Å². The lowest BCUT2D eigenvalue weighted by Gasteiger charge is -2.02. The molecule has 0 radical (unpaired) electrons. The van der Waals surface area contributed by atoms with Crippen LogP contribution in [0.4, 0.5) is 0 Å². The summed E-state index contributed by atoms with van der Waals surface area (Å²) >= 11 is 0. The summed E-state index contributed by atoms with van der Waals surface area (Å²) < 4.78 is 5.06. The molecule has 2 nitrogen and oxygen atoms in total. The average molecular weight is 204 g/mol. The highest BCUT2D eigenvalue weighted by Crippen LogP contribution is 2.13. The molecule has 0 bridgehead atoms. The Labute approximate surface area is 90.6 Å². The maximum absolute atomic E-state index is 11.1. The second-order valence-electron chi connectivity index (χ2n) is 3.32. The SMILES string of the molecule is CC=CC(=O)Oc1ccc(CCC)cc1. The van der Waals surface area contributed by atoms with E-state index in [2.05, 4.69) is 6.92 Å². The zero-order valence-electron chi connectivity index (χ0n) is 9.19. The van der Waals surface area contributed by atoms with Crippen molar-refractivity contribution in [3.8, 4) is 5.75 Å².